The van der Waals surface area contributed by atoms with E-state index in [1.807, 2.05) is 84.9 Å². The third-order valence-electron chi connectivity index (χ3n) is 21.3. The molecule has 3 aliphatic rings. The van der Waals surface area contributed by atoms with Gasteiger partial charge in [-0.05, 0) is 182 Å². The number of nitrogens with zero attached hydrogens (tertiary/aromatic N) is 6. The number of aromatic nitrogens is 6. The highest BCUT2D eigenvalue weighted by Crippen LogP contribution is 2.52. The lowest BCUT2D eigenvalue weighted by Gasteiger charge is -2.32. The molecule has 16 aromatic rings. The van der Waals surface area contributed by atoms with Gasteiger partial charge in [-0.1, -0.05) is 282 Å². The summed E-state index contributed by atoms with van der Waals surface area (Å²) < 4.78 is 15.0. The molecule has 0 atom stereocenters. The van der Waals surface area contributed by atoms with E-state index >= 15 is 0 Å². The highest BCUT2D eigenvalue weighted by Gasteiger charge is 2.52. The molecule has 1 saturated heterocycles. The fourth-order valence-corrected chi connectivity index (χ4v) is 17.0. The van der Waals surface area contributed by atoms with Crippen LogP contribution in [0, 0.1) is 0 Å². The number of halogens is 1. The molecule has 4 aromatic heterocycles. The summed E-state index contributed by atoms with van der Waals surface area (Å²) >= 11 is 9.58. The molecule has 1 fully saturated rings. The highest BCUT2D eigenvalue weighted by atomic mass is 35.5. The monoisotopic (exact) mass is 1430 g/mol. The quantitative estimate of drug-likeness (QED) is 0.125. The van der Waals surface area contributed by atoms with Crippen molar-refractivity contribution in [2.75, 3.05) is 0 Å². The summed E-state index contributed by atoms with van der Waals surface area (Å²) in [6, 6.07) is 106. The number of rotatable bonds is 10. The van der Waals surface area contributed by atoms with Gasteiger partial charge < -0.3 is 9.31 Å². The average Bonchev–Trinajstić information content (AvgIpc) is 1.58. The maximum Gasteiger partial charge on any atom is 0.494 e. The van der Waals surface area contributed by atoms with E-state index in [0.29, 0.717) is 40.0 Å². The molecule has 0 saturated carbocycles. The molecule has 5 heterocycles. The lowest BCUT2D eigenvalue weighted by Crippen LogP contribution is -2.41. The van der Waals surface area contributed by atoms with E-state index in [0.717, 1.165) is 48.6 Å². The van der Waals surface area contributed by atoms with Crippen LogP contribution >= 0.6 is 34.3 Å². The predicted octanol–water partition coefficient (Wildman–Crippen LogP) is 24.4. The number of thiophene rings is 2. The van der Waals surface area contributed by atoms with Crippen LogP contribution in [-0.2, 0) is 20.1 Å². The first-order valence-corrected chi connectivity index (χ1v) is 37.9. The Labute approximate surface area is 632 Å². The fourth-order valence-electron chi connectivity index (χ4n) is 14.8. The van der Waals surface area contributed by atoms with Crippen molar-refractivity contribution >= 4 is 67.0 Å². The molecule has 0 amide bonds. The highest BCUT2D eigenvalue weighted by molar-refractivity contribution is 7.22. The van der Waals surface area contributed by atoms with Gasteiger partial charge in [0.25, 0.3) is 0 Å². The minimum atomic E-state index is -0.343. The number of hydrogen-bond donors (Lipinski definition) is 0. The van der Waals surface area contributed by atoms with Crippen LogP contribution in [-0.4, -0.2) is 48.2 Å². The largest absolute Gasteiger partial charge is 0.494 e. The second-order valence-electron chi connectivity index (χ2n) is 29.4. The molecule has 19 rings (SSSR count). The zero-order valence-corrected chi connectivity index (χ0v) is 62.5. The van der Waals surface area contributed by atoms with Gasteiger partial charge in [0.05, 0.1) is 21.0 Å². The zero-order valence-electron chi connectivity index (χ0n) is 60.1. The molecule has 106 heavy (non-hydrogen) atoms. The maximum atomic E-state index is 6.27. The molecule has 12 heteroatoms. The van der Waals surface area contributed by atoms with Crippen molar-refractivity contribution in [2.24, 2.45) is 0 Å². The number of fused-ring (bicyclic) bond motifs is 8. The van der Waals surface area contributed by atoms with Gasteiger partial charge in [0.2, 0.25) is 0 Å². The smallest absolute Gasteiger partial charge is 0.399 e. The topological polar surface area (TPSA) is 95.8 Å². The third-order valence-corrected chi connectivity index (χ3v) is 23.7. The van der Waals surface area contributed by atoms with Gasteiger partial charge in [-0.15, -0.1) is 22.7 Å². The van der Waals surface area contributed by atoms with Crippen molar-refractivity contribution in [1.29, 1.82) is 0 Å². The molecule has 8 nitrogen and oxygen atoms in total. The second kappa shape index (κ2) is 27.4. The summed E-state index contributed by atoms with van der Waals surface area (Å²) in [5, 5.41) is 3.04. The minimum absolute atomic E-state index is 0.00523. The summed E-state index contributed by atoms with van der Waals surface area (Å²) in [6.07, 6.45) is 0. The Morgan fingerprint density at radius 1 is 0.274 bits per heavy atom. The fraction of sp³-hybridized carbons (Fsp3) is 0.128. The third kappa shape index (κ3) is 13.0. The Morgan fingerprint density at radius 2 is 0.613 bits per heavy atom. The number of hydrogen-bond acceptors (Lipinski definition) is 10. The molecule has 0 bridgehead atoms. The van der Waals surface area contributed by atoms with Gasteiger partial charge in [0.15, 0.2) is 34.9 Å². The number of benzene rings is 12. The van der Waals surface area contributed by atoms with E-state index in [4.69, 9.17) is 50.8 Å². The van der Waals surface area contributed by atoms with Crippen LogP contribution in [0.5, 0.6) is 0 Å². The summed E-state index contributed by atoms with van der Waals surface area (Å²) in [5.41, 5.74) is 22.2. The molecule has 2 aliphatic carbocycles. The molecule has 12 aromatic carbocycles. The maximum absolute atomic E-state index is 6.27. The van der Waals surface area contributed by atoms with E-state index in [1.54, 1.807) is 22.7 Å². The average molecular weight is 1430 g/mol. The molecular formula is C94H74BClN6O2S2. The van der Waals surface area contributed by atoms with Crippen molar-refractivity contribution < 1.29 is 9.31 Å². The van der Waals surface area contributed by atoms with Gasteiger partial charge in [0, 0.05) is 47.5 Å². The van der Waals surface area contributed by atoms with E-state index in [-0.39, 0.29) is 29.2 Å². The molecular weight excluding hydrogens is 1360 g/mol. The van der Waals surface area contributed by atoms with Gasteiger partial charge in [-0.3, -0.25) is 0 Å². The van der Waals surface area contributed by atoms with Crippen molar-refractivity contribution in [3.05, 3.63) is 331 Å². The first-order chi connectivity index (χ1) is 51.4. The Bertz CT molecular complexity index is 5970. The van der Waals surface area contributed by atoms with Crippen LogP contribution in [0.25, 0.3) is 143 Å². The SMILES string of the molecule is CC1(C)c2ccccc2-c2ccc(-c3cccc(-c4cccc(-c5nc(-c6ccccc6)nc(-c6cc7ccccc7s6)n5)c4)c3)cc21.CC1(C)c2ccccc2-c2ccc(-c3cccc(B4OC(C)(C)C(C)(C)O4)c3)cc21.Clc1cccc(-c2nc(-c3ccccc3)nc(-c3cc4ccccc4s3)n2)c1. The predicted molar refractivity (Wildman–Crippen MR) is 442 cm³/mol. The van der Waals surface area contributed by atoms with Crippen molar-refractivity contribution in [3.63, 3.8) is 0 Å². The zero-order chi connectivity index (χ0) is 72.5. The summed E-state index contributed by atoms with van der Waals surface area (Å²) in [6.45, 7) is 17.7. The molecule has 0 radical (unpaired) electrons. The van der Waals surface area contributed by atoms with Crippen molar-refractivity contribution in [1.82, 2.24) is 29.9 Å². The van der Waals surface area contributed by atoms with Crippen LogP contribution in [0.3, 0.4) is 0 Å². The van der Waals surface area contributed by atoms with Gasteiger partial charge >= 0.3 is 7.12 Å². The van der Waals surface area contributed by atoms with Crippen LogP contribution in [0.4, 0.5) is 0 Å². The van der Waals surface area contributed by atoms with E-state index in [2.05, 4.69) is 274 Å². The molecule has 514 valence electrons. The van der Waals surface area contributed by atoms with Crippen LogP contribution < -0.4 is 5.46 Å². The normalized spacial score (nSPS) is 14.5. The Hall–Kier alpha value is -11.1. The lowest BCUT2D eigenvalue weighted by atomic mass is 9.77. The minimum Gasteiger partial charge on any atom is -0.399 e. The van der Waals surface area contributed by atoms with Gasteiger partial charge in [-0.25, -0.2) is 29.9 Å². The van der Waals surface area contributed by atoms with Crippen LogP contribution in [0.1, 0.15) is 77.6 Å². The van der Waals surface area contributed by atoms with E-state index < -0.39 is 0 Å². The standard InChI is InChI=1S/C44H31N3S.C27H29BO2.C23H14ClN3S/c1-44(2)37-20-8-7-19-35(37)36-23-22-32(26-38(36)44)30-16-10-15-29(24-30)31-17-11-18-34(25-31)42-45-41(28-12-4-3-5-13-28)46-43(47-42)40-27-33-14-6-9-21-39(33)48-40;1-25(2)23-13-8-7-12-21(23)22-15-14-19(17-24(22)25)18-10-9-11-20(16-18)28-29-26(3,4)27(5,6)30-28;24-18-11-6-10-17(13-18)22-25-21(15-7-2-1-3-8-15)26-23(27-22)20-14-16-9-4-5-12-19(16)28-20/h3-27H,1-2H3;7-17H,1-6H3;1-14H. The van der Waals surface area contributed by atoms with Crippen LogP contribution in [0.2, 0.25) is 5.02 Å². The van der Waals surface area contributed by atoms with Crippen molar-refractivity contribution in [3.8, 4) is 123 Å². The molecule has 0 N–H and O–H groups in total. The first-order valence-electron chi connectivity index (χ1n) is 35.9. The lowest BCUT2D eigenvalue weighted by molar-refractivity contribution is 0.00578. The second-order valence-corrected chi connectivity index (χ2v) is 32.0. The van der Waals surface area contributed by atoms with Gasteiger partial charge in [-0.2, -0.15) is 0 Å². The summed E-state index contributed by atoms with van der Waals surface area (Å²) in [7, 11) is -0.343. The molecule has 0 spiro atoms. The van der Waals surface area contributed by atoms with E-state index in [1.165, 1.54) is 86.9 Å². The van der Waals surface area contributed by atoms with E-state index in [9.17, 15) is 0 Å². The summed E-state index contributed by atoms with van der Waals surface area (Å²) in [4.78, 5) is 31.3. The Morgan fingerprint density at radius 3 is 1.08 bits per heavy atom. The Kier molecular flexibility index (Phi) is 17.6. The van der Waals surface area contributed by atoms with Crippen LogP contribution in [0.15, 0.2) is 303 Å². The first kappa shape index (κ1) is 68.0. The van der Waals surface area contributed by atoms with Crippen molar-refractivity contribution in [2.45, 2.75) is 77.4 Å². The van der Waals surface area contributed by atoms with Gasteiger partial charge in [0.1, 0.15) is 0 Å². The Balaban J connectivity index is 0.000000124. The molecule has 1 aliphatic heterocycles. The summed E-state index contributed by atoms with van der Waals surface area (Å²) in [5.74, 6) is 3.96. The molecule has 0 unspecified atom stereocenters.